The summed E-state index contributed by atoms with van der Waals surface area (Å²) in [5.74, 6) is -1.14. The highest BCUT2D eigenvalue weighted by Crippen LogP contribution is 2.53. The first-order valence-electron chi connectivity index (χ1n) is 12.4. The quantitative estimate of drug-likeness (QED) is 0.553. The van der Waals surface area contributed by atoms with E-state index in [1.54, 1.807) is 9.80 Å². The minimum atomic E-state index is -4.57. The van der Waals surface area contributed by atoms with E-state index in [4.69, 9.17) is 16.3 Å². The number of amides is 2. The first kappa shape index (κ1) is 27.5. The summed E-state index contributed by atoms with van der Waals surface area (Å²) < 4.78 is 44.1. The minimum Gasteiger partial charge on any atom is -0.467 e. The second-order valence-corrected chi connectivity index (χ2v) is 10.4. The molecule has 204 valence electrons. The summed E-state index contributed by atoms with van der Waals surface area (Å²) in [4.78, 5) is 43.2. The van der Waals surface area contributed by atoms with Crippen LogP contribution in [0.5, 0.6) is 0 Å². The fourth-order valence-corrected chi connectivity index (χ4v) is 5.58. The van der Waals surface area contributed by atoms with Crippen molar-refractivity contribution in [3.8, 4) is 0 Å². The van der Waals surface area contributed by atoms with Crippen LogP contribution in [0.15, 0.2) is 18.2 Å². The predicted octanol–water partition coefficient (Wildman–Crippen LogP) is 3.09. The Bertz CT molecular complexity index is 1050. The highest BCUT2D eigenvalue weighted by Gasteiger charge is 2.51. The number of rotatable bonds is 6. The van der Waals surface area contributed by atoms with Gasteiger partial charge in [0.2, 0.25) is 11.8 Å². The van der Waals surface area contributed by atoms with E-state index >= 15 is 0 Å². The molecular formula is C25H31ClF3N3O5. The summed E-state index contributed by atoms with van der Waals surface area (Å²) >= 11 is 5.87. The molecule has 0 radical (unpaired) electrons. The lowest BCUT2D eigenvalue weighted by Gasteiger charge is -2.37. The van der Waals surface area contributed by atoms with Gasteiger partial charge < -0.3 is 24.5 Å². The second-order valence-electron chi connectivity index (χ2n) is 10.0. The van der Waals surface area contributed by atoms with Gasteiger partial charge in [0.15, 0.2) is 0 Å². The van der Waals surface area contributed by atoms with Crippen LogP contribution in [0, 0.1) is 5.41 Å². The summed E-state index contributed by atoms with van der Waals surface area (Å²) in [6.45, 7) is 1.45. The van der Waals surface area contributed by atoms with Crippen molar-refractivity contribution in [2.24, 2.45) is 5.41 Å². The fourth-order valence-electron chi connectivity index (χ4n) is 5.30. The number of hydrogen-bond donors (Lipinski definition) is 1. The number of anilines is 1. The van der Waals surface area contributed by atoms with Crippen LogP contribution in [0.4, 0.5) is 18.9 Å². The number of piperidine rings is 1. The van der Waals surface area contributed by atoms with Crippen molar-refractivity contribution in [3.63, 3.8) is 0 Å². The molecule has 0 aromatic heterocycles. The van der Waals surface area contributed by atoms with Crippen LogP contribution in [0.3, 0.4) is 0 Å². The lowest BCUT2D eigenvalue weighted by molar-refractivity contribution is -0.153. The zero-order valence-corrected chi connectivity index (χ0v) is 21.4. The van der Waals surface area contributed by atoms with Crippen LogP contribution in [0.1, 0.15) is 44.1 Å². The van der Waals surface area contributed by atoms with Gasteiger partial charge in [-0.05, 0) is 49.3 Å². The third-order valence-electron chi connectivity index (χ3n) is 7.86. The summed E-state index contributed by atoms with van der Waals surface area (Å²) in [5, 5.41) is 9.96. The van der Waals surface area contributed by atoms with Crippen LogP contribution in [0.2, 0.25) is 5.02 Å². The average molecular weight is 546 g/mol. The molecule has 1 aromatic carbocycles. The number of likely N-dealkylation sites (tertiary alicyclic amines) is 1. The first-order chi connectivity index (χ1) is 17.4. The summed E-state index contributed by atoms with van der Waals surface area (Å²) in [7, 11) is 1.21. The second kappa shape index (κ2) is 10.7. The lowest BCUT2D eigenvalue weighted by Crippen LogP contribution is -2.49. The number of esters is 1. The summed E-state index contributed by atoms with van der Waals surface area (Å²) in [6, 6.07) is 2.47. The van der Waals surface area contributed by atoms with Gasteiger partial charge in [-0.1, -0.05) is 11.6 Å². The number of hydrogen-bond acceptors (Lipinski definition) is 6. The molecular weight excluding hydrogens is 515 g/mol. The molecule has 3 aliphatic rings. The molecule has 4 rings (SSSR count). The van der Waals surface area contributed by atoms with Crippen molar-refractivity contribution in [1.82, 2.24) is 9.80 Å². The van der Waals surface area contributed by atoms with E-state index in [1.807, 2.05) is 0 Å². The highest BCUT2D eigenvalue weighted by molar-refractivity contribution is 6.31. The highest BCUT2D eigenvalue weighted by atomic mass is 35.5. The number of aliphatic hydroxyl groups excluding tert-OH is 1. The number of methoxy groups -OCH3 is 1. The largest absolute Gasteiger partial charge is 0.467 e. The number of nitrogens with zero attached hydrogens (tertiary/aromatic N) is 3. The van der Waals surface area contributed by atoms with Crippen molar-refractivity contribution >= 4 is 35.1 Å². The van der Waals surface area contributed by atoms with Gasteiger partial charge in [-0.15, -0.1) is 0 Å². The van der Waals surface area contributed by atoms with Crippen LogP contribution in [-0.2, 0) is 25.3 Å². The van der Waals surface area contributed by atoms with E-state index in [0.717, 1.165) is 25.3 Å². The zero-order chi connectivity index (χ0) is 27.0. The molecule has 1 N–H and O–H groups in total. The van der Waals surface area contributed by atoms with E-state index in [0.29, 0.717) is 12.2 Å². The number of alkyl halides is 3. The SMILES string of the molecule is COC(=O)[C@H](CCC(=O)N1CCC2(CC2)[C@H](O)C1)N1CCN(c2ccc(C(F)(F)F)c(Cl)c2)CCC1=O. The zero-order valence-electron chi connectivity index (χ0n) is 20.6. The van der Waals surface area contributed by atoms with E-state index in [1.165, 1.54) is 24.1 Å². The Morgan fingerprint density at radius 3 is 2.51 bits per heavy atom. The third-order valence-corrected chi connectivity index (χ3v) is 8.17. The Labute approximate surface area is 218 Å². The standard InChI is InChI=1S/C25H31ClF3N3O5/c1-37-23(36)19(4-5-21(34)31-11-9-24(7-8-24)20(33)15-31)32-13-12-30(10-6-22(32)35)16-2-3-17(18(26)14-16)25(27,28)29/h2-3,14,19-20,33H,4-13,15H2,1H3/t19-,20+/m0/s1. The van der Waals surface area contributed by atoms with Crippen molar-refractivity contribution in [2.45, 2.75) is 56.8 Å². The number of ether oxygens (including phenoxy) is 1. The number of aliphatic hydroxyl groups is 1. The Balaban J connectivity index is 1.40. The van der Waals surface area contributed by atoms with Gasteiger partial charge in [0.05, 0.1) is 23.8 Å². The fraction of sp³-hybridized carbons (Fsp3) is 0.640. The molecule has 8 nitrogen and oxygen atoms in total. The predicted molar refractivity (Wildman–Crippen MR) is 129 cm³/mol. The van der Waals surface area contributed by atoms with Gasteiger partial charge in [0, 0.05) is 51.3 Å². The molecule has 2 heterocycles. The molecule has 2 saturated heterocycles. The van der Waals surface area contributed by atoms with E-state index < -0.39 is 34.9 Å². The van der Waals surface area contributed by atoms with E-state index in [9.17, 15) is 32.7 Å². The molecule has 0 unspecified atom stereocenters. The molecule has 12 heteroatoms. The van der Waals surface area contributed by atoms with Gasteiger partial charge in [-0.25, -0.2) is 4.79 Å². The molecule has 2 aliphatic heterocycles. The third kappa shape index (κ3) is 5.98. The van der Waals surface area contributed by atoms with Crippen molar-refractivity contribution < 1.29 is 37.4 Å². The van der Waals surface area contributed by atoms with E-state index in [2.05, 4.69) is 0 Å². The topological polar surface area (TPSA) is 90.4 Å². The van der Waals surface area contributed by atoms with Crippen molar-refractivity contribution in [2.75, 3.05) is 44.7 Å². The van der Waals surface area contributed by atoms with Gasteiger partial charge in [0.1, 0.15) is 6.04 Å². The molecule has 1 aliphatic carbocycles. The van der Waals surface area contributed by atoms with Gasteiger partial charge in [-0.3, -0.25) is 9.59 Å². The Morgan fingerprint density at radius 1 is 1.19 bits per heavy atom. The van der Waals surface area contributed by atoms with Gasteiger partial charge in [-0.2, -0.15) is 13.2 Å². The van der Waals surface area contributed by atoms with Crippen LogP contribution >= 0.6 is 11.6 Å². The minimum absolute atomic E-state index is 0.0154. The number of benzene rings is 1. The molecule has 1 saturated carbocycles. The average Bonchev–Trinajstić information content (AvgIpc) is 3.65. The number of β-amino-alcohol motifs (C(OH)–C–C–N with tert-alkyl or cyclic N) is 1. The molecule has 0 bridgehead atoms. The number of carbonyl (C=O) groups excluding carboxylic acids is 3. The lowest BCUT2D eigenvalue weighted by atomic mass is 9.90. The van der Waals surface area contributed by atoms with Gasteiger partial charge >= 0.3 is 12.1 Å². The smallest absolute Gasteiger partial charge is 0.417 e. The molecule has 2 amide bonds. The van der Waals surface area contributed by atoms with Gasteiger partial charge in [0.25, 0.3) is 0 Å². The Morgan fingerprint density at radius 2 is 1.92 bits per heavy atom. The van der Waals surface area contributed by atoms with Crippen LogP contribution < -0.4 is 4.90 Å². The number of carbonyl (C=O) groups is 3. The van der Waals surface area contributed by atoms with Crippen LogP contribution in [-0.4, -0.2) is 84.7 Å². The molecule has 1 aromatic rings. The maximum absolute atomic E-state index is 13.1. The molecule has 3 fully saturated rings. The summed E-state index contributed by atoms with van der Waals surface area (Å²) in [6.07, 6.45) is -2.28. The number of halogens is 4. The normalized spacial score (nSPS) is 22.6. The Hall–Kier alpha value is -2.53. The van der Waals surface area contributed by atoms with Crippen LogP contribution in [0.25, 0.3) is 0 Å². The van der Waals surface area contributed by atoms with Crippen molar-refractivity contribution in [1.29, 1.82) is 0 Å². The van der Waals surface area contributed by atoms with Crippen molar-refractivity contribution in [3.05, 3.63) is 28.8 Å². The molecule has 2 atom stereocenters. The first-order valence-corrected chi connectivity index (χ1v) is 12.8. The maximum Gasteiger partial charge on any atom is 0.417 e. The summed E-state index contributed by atoms with van der Waals surface area (Å²) in [5.41, 5.74) is -0.531. The van der Waals surface area contributed by atoms with E-state index in [-0.39, 0.29) is 62.7 Å². The Kier molecular flexibility index (Phi) is 7.94. The molecule has 1 spiro atoms. The monoisotopic (exact) mass is 545 g/mol. The molecule has 37 heavy (non-hydrogen) atoms. The maximum atomic E-state index is 13.1.